The smallest absolute Gasteiger partial charge is 0.270 e. The number of amides is 1. The van der Waals surface area contributed by atoms with Crippen molar-refractivity contribution >= 4 is 17.7 Å². The summed E-state index contributed by atoms with van der Waals surface area (Å²) in [5.74, 6) is -0.124. The van der Waals surface area contributed by atoms with Crippen LogP contribution in [0.3, 0.4) is 0 Å². The Bertz CT molecular complexity index is 956. The molecule has 1 aromatic heterocycles. The first kappa shape index (κ1) is 20.7. The zero-order chi connectivity index (χ0) is 20.8. The molecule has 30 heavy (non-hydrogen) atoms. The van der Waals surface area contributed by atoms with Gasteiger partial charge in [-0.3, -0.25) is 14.3 Å². The number of hydrogen-bond acceptors (Lipinski definition) is 5. The van der Waals surface area contributed by atoms with E-state index in [1.807, 2.05) is 59.4 Å². The Hall–Kier alpha value is -2.61. The summed E-state index contributed by atoms with van der Waals surface area (Å²) in [6.45, 7) is 3.67. The Morgan fingerprint density at radius 1 is 1.10 bits per heavy atom. The molecule has 0 saturated carbocycles. The molecule has 0 spiro atoms. The maximum Gasteiger partial charge on any atom is 0.270 e. The van der Waals surface area contributed by atoms with Crippen molar-refractivity contribution in [2.75, 3.05) is 39.1 Å². The summed E-state index contributed by atoms with van der Waals surface area (Å²) < 4.78 is 7.43. The maximum atomic E-state index is 13.2. The number of para-hydroxylation sites is 1. The van der Waals surface area contributed by atoms with Gasteiger partial charge in [0.25, 0.3) is 5.91 Å². The van der Waals surface area contributed by atoms with Gasteiger partial charge in [0.2, 0.25) is 0 Å². The number of ether oxygens (including phenoxy) is 1. The summed E-state index contributed by atoms with van der Waals surface area (Å²) in [5.41, 5.74) is 2.66. The van der Waals surface area contributed by atoms with Crippen molar-refractivity contribution in [2.45, 2.75) is 11.2 Å². The molecule has 0 aliphatic carbocycles. The topological polar surface area (TPSA) is 59.4 Å². The van der Waals surface area contributed by atoms with E-state index in [-0.39, 0.29) is 11.9 Å². The zero-order valence-corrected chi connectivity index (χ0v) is 17.8. The van der Waals surface area contributed by atoms with Crippen LogP contribution in [0, 0.1) is 0 Å². The number of imidazole rings is 1. The van der Waals surface area contributed by atoms with Crippen molar-refractivity contribution in [3.8, 4) is 5.69 Å². The number of carbonyl (C=O) groups is 1. The monoisotopic (exact) mass is 422 g/mol. The third kappa shape index (κ3) is 4.59. The van der Waals surface area contributed by atoms with Crippen molar-refractivity contribution in [2.24, 2.45) is 0 Å². The summed E-state index contributed by atoms with van der Waals surface area (Å²) in [7, 11) is 0. The molecule has 1 aliphatic rings. The Morgan fingerprint density at radius 2 is 1.77 bits per heavy atom. The second kappa shape index (κ2) is 9.93. The van der Waals surface area contributed by atoms with Gasteiger partial charge < -0.3 is 10.1 Å². The van der Waals surface area contributed by atoms with Gasteiger partial charge in [-0.1, -0.05) is 60.3 Å². The molecule has 4 rings (SSSR count). The second-order valence-corrected chi connectivity index (χ2v) is 7.86. The molecule has 0 bridgehead atoms. The molecule has 7 heteroatoms. The van der Waals surface area contributed by atoms with E-state index in [4.69, 9.17) is 4.74 Å². The number of thioether (sulfide) groups is 1. The van der Waals surface area contributed by atoms with Crippen molar-refractivity contribution in [3.05, 3.63) is 78.1 Å². The van der Waals surface area contributed by atoms with Crippen molar-refractivity contribution in [1.29, 1.82) is 0 Å². The zero-order valence-electron chi connectivity index (χ0n) is 17.0. The van der Waals surface area contributed by atoms with E-state index < -0.39 is 0 Å². The lowest BCUT2D eigenvalue weighted by atomic mass is 10.0. The summed E-state index contributed by atoms with van der Waals surface area (Å²) in [6.07, 6.45) is 3.62. The van der Waals surface area contributed by atoms with Crippen LogP contribution in [0.4, 0.5) is 0 Å². The standard InChI is InChI=1S/C23H26N4O2S/c1-30-23-25-17-21(27(23)19-10-6-3-7-11-19)22(28)24-16-20(18-8-4-2-5-9-18)26-12-14-29-15-13-26/h2-11,17,20H,12-16H2,1H3,(H,24,28). The number of nitrogens with zero attached hydrogens (tertiary/aromatic N) is 3. The van der Waals surface area contributed by atoms with E-state index in [2.05, 4.69) is 27.3 Å². The maximum absolute atomic E-state index is 13.2. The van der Waals surface area contributed by atoms with Crippen LogP contribution < -0.4 is 5.32 Å². The van der Waals surface area contributed by atoms with E-state index >= 15 is 0 Å². The van der Waals surface area contributed by atoms with Gasteiger partial charge in [0.05, 0.1) is 25.5 Å². The minimum atomic E-state index is -0.124. The minimum Gasteiger partial charge on any atom is -0.379 e. The van der Waals surface area contributed by atoms with Crippen LogP contribution in [0.2, 0.25) is 0 Å². The Morgan fingerprint density at radius 3 is 2.43 bits per heavy atom. The van der Waals surface area contributed by atoms with E-state index in [9.17, 15) is 4.79 Å². The number of carbonyl (C=O) groups excluding carboxylic acids is 1. The highest BCUT2D eigenvalue weighted by molar-refractivity contribution is 7.98. The summed E-state index contributed by atoms with van der Waals surface area (Å²) in [4.78, 5) is 20.0. The van der Waals surface area contributed by atoms with Crippen LogP contribution in [0.5, 0.6) is 0 Å². The van der Waals surface area contributed by atoms with Crippen LogP contribution in [0.1, 0.15) is 22.1 Å². The molecular formula is C23H26N4O2S. The lowest BCUT2D eigenvalue weighted by Crippen LogP contribution is -2.44. The number of hydrogen-bond donors (Lipinski definition) is 1. The molecule has 3 aromatic rings. The van der Waals surface area contributed by atoms with E-state index in [1.165, 1.54) is 17.3 Å². The fraction of sp³-hybridized carbons (Fsp3) is 0.304. The largest absolute Gasteiger partial charge is 0.379 e. The summed E-state index contributed by atoms with van der Waals surface area (Å²) >= 11 is 1.52. The molecule has 1 N–H and O–H groups in total. The fourth-order valence-electron chi connectivity index (χ4n) is 3.77. The predicted molar refractivity (Wildman–Crippen MR) is 119 cm³/mol. The molecule has 1 aliphatic heterocycles. The number of morpholine rings is 1. The Balaban J connectivity index is 1.55. The second-order valence-electron chi connectivity index (χ2n) is 7.09. The minimum absolute atomic E-state index is 0.104. The highest BCUT2D eigenvalue weighted by Crippen LogP contribution is 2.23. The normalized spacial score (nSPS) is 15.6. The third-order valence-electron chi connectivity index (χ3n) is 5.29. The first-order chi connectivity index (χ1) is 14.8. The van der Waals surface area contributed by atoms with E-state index in [0.29, 0.717) is 12.2 Å². The van der Waals surface area contributed by atoms with Gasteiger partial charge in [-0.2, -0.15) is 0 Å². The molecule has 156 valence electrons. The lowest BCUT2D eigenvalue weighted by Gasteiger charge is -2.35. The van der Waals surface area contributed by atoms with Gasteiger partial charge >= 0.3 is 0 Å². The van der Waals surface area contributed by atoms with Crippen LogP contribution in [0.15, 0.2) is 72.0 Å². The molecule has 1 saturated heterocycles. The first-order valence-corrected chi connectivity index (χ1v) is 11.3. The van der Waals surface area contributed by atoms with Crippen LogP contribution in [-0.4, -0.2) is 59.5 Å². The van der Waals surface area contributed by atoms with Gasteiger partial charge in [0.1, 0.15) is 5.69 Å². The number of rotatable bonds is 7. The number of aromatic nitrogens is 2. The molecule has 1 amide bonds. The predicted octanol–water partition coefficient (Wildman–Crippen LogP) is 3.40. The summed E-state index contributed by atoms with van der Waals surface area (Å²) in [6, 6.07) is 20.3. The molecule has 1 atom stereocenters. The highest BCUT2D eigenvalue weighted by atomic mass is 32.2. The molecule has 2 heterocycles. The Kier molecular flexibility index (Phi) is 6.84. The van der Waals surface area contributed by atoms with E-state index in [0.717, 1.165) is 37.1 Å². The number of benzene rings is 2. The third-order valence-corrected chi connectivity index (χ3v) is 5.94. The van der Waals surface area contributed by atoms with Crippen LogP contribution in [-0.2, 0) is 4.74 Å². The van der Waals surface area contributed by atoms with Crippen molar-refractivity contribution in [3.63, 3.8) is 0 Å². The quantitative estimate of drug-likeness (QED) is 0.592. The number of nitrogens with one attached hydrogen (secondary N) is 1. The lowest BCUT2D eigenvalue weighted by molar-refractivity contribution is 0.0162. The van der Waals surface area contributed by atoms with Crippen molar-refractivity contribution < 1.29 is 9.53 Å². The van der Waals surface area contributed by atoms with Crippen LogP contribution in [0.25, 0.3) is 5.69 Å². The average molecular weight is 423 g/mol. The SMILES string of the molecule is CSc1ncc(C(=O)NCC(c2ccccc2)N2CCOCC2)n1-c1ccccc1. The Labute approximate surface area is 181 Å². The van der Waals surface area contributed by atoms with Gasteiger partial charge in [0.15, 0.2) is 5.16 Å². The van der Waals surface area contributed by atoms with Gasteiger partial charge in [-0.15, -0.1) is 0 Å². The van der Waals surface area contributed by atoms with Crippen LogP contribution >= 0.6 is 11.8 Å². The molecule has 1 unspecified atom stereocenters. The van der Waals surface area contributed by atoms with Crippen molar-refractivity contribution in [1.82, 2.24) is 19.8 Å². The molecular weight excluding hydrogens is 396 g/mol. The summed E-state index contributed by atoms with van der Waals surface area (Å²) in [5, 5.41) is 3.94. The molecule has 1 fully saturated rings. The fourth-order valence-corrected chi connectivity index (χ4v) is 4.31. The van der Waals surface area contributed by atoms with Gasteiger partial charge in [-0.05, 0) is 24.0 Å². The van der Waals surface area contributed by atoms with E-state index in [1.54, 1.807) is 6.20 Å². The van der Waals surface area contributed by atoms with Gasteiger partial charge in [-0.25, -0.2) is 4.98 Å². The average Bonchev–Trinajstić information content (AvgIpc) is 3.25. The first-order valence-electron chi connectivity index (χ1n) is 10.1. The molecule has 2 aromatic carbocycles. The molecule has 0 radical (unpaired) electrons. The van der Waals surface area contributed by atoms with Gasteiger partial charge in [0, 0.05) is 25.3 Å². The highest BCUT2D eigenvalue weighted by Gasteiger charge is 2.24. The molecule has 6 nitrogen and oxygen atoms in total.